The lowest BCUT2D eigenvalue weighted by atomic mass is 9.86. The van der Waals surface area contributed by atoms with Gasteiger partial charge in [0.1, 0.15) is 18.2 Å². The molecule has 1 amide bonds. The Morgan fingerprint density at radius 1 is 0.939 bits per heavy atom. The second-order valence-corrected chi connectivity index (χ2v) is 9.59. The predicted molar refractivity (Wildman–Crippen MR) is 132 cm³/mol. The van der Waals surface area contributed by atoms with Crippen molar-refractivity contribution in [2.45, 2.75) is 148 Å². The van der Waals surface area contributed by atoms with Crippen molar-refractivity contribution >= 4 is 18.3 Å². The van der Waals surface area contributed by atoms with Crippen molar-refractivity contribution in [3.8, 4) is 0 Å². The van der Waals surface area contributed by atoms with Gasteiger partial charge in [0.2, 0.25) is 6.41 Å². The van der Waals surface area contributed by atoms with E-state index in [1.165, 1.54) is 57.8 Å². The van der Waals surface area contributed by atoms with Gasteiger partial charge in [-0.15, -0.1) is 0 Å². The highest BCUT2D eigenvalue weighted by atomic mass is 16.6. The lowest BCUT2D eigenvalue weighted by molar-refractivity contribution is -0.190. The molecule has 0 saturated carbocycles. The van der Waals surface area contributed by atoms with Gasteiger partial charge in [-0.05, 0) is 25.7 Å². The van der Waals surface area contributed by atoms with Gasteiger partial charge in [-0.3, -0.25) is 9.59 Å². The zero-order chi connectivity index (χ0) is 24.3. The lowest BCUT2D eigenvalue weighted by Gasteiger charge is -2.37. The van der Waals surface area contributed by atoms with Gasteiger partial charge < -0.3 is 14.8 Å². The van der Waals surface area contributed by atoms with Gasteiger partial charge in [0.05, 0.1) is 5.92 Å². The van der Waals surface area contributed by atoms with Gasteiger partial charge in [0.25, 0.3) is 0 Å². The largest absolute Gasteiger partial charge is 0.461 e. The van der Waals surface area contributed by atoms with Crippen molar-refractivity contribution in [2.75, 3.05) is 0 Å². The molecular weight excluding hydrogens is 418 g/mol. The van der Waals surface area contributed by atoms with E-state index in [-0.39, 0.29) is 24.1 Å². The quantitative estimate of drug-likeness (QED) is 0.116. The molecule has 1 rings (SSSR count). The van der Waals surface area contributed by atoms with Gasteiger partial charge in [0, 0.05) is 6.42 Å². The molecule has 0 aliphatic carbocycles. The van der Waals surface area contributed by atoms with Crippen LogP contribution in [0.4, 0.5) is 0 Å². The van der Waals surface area contributed by atoms with E-state index in [0.29, 0.717) is 19.3 Å². The average molecular weight is 468 g/mol. The number of unbranched alkanes of at least 4 members (excludes halogenated alkanes) is 11. The third-order valence-corrected chi connectivity index (χ3v) is 6.76. The number of esters is 2. The first kappa shape index (κ1) is 29.4. The lowest BCUT2D eigenvalue weighted by Crippen LogP contribution is -2.48. The normalized spacial score (nSPS) is 19.3. The summed E-state index contributed by atoms with van der Waals surface area (Å²) >= 11 is 0. The van der Waals surface area contributed by atoms with Crippen LogP contribution < -0.4 is 5.32 Å². The van der Waals surface area contributed by atoms with Crippen LogP contribution in [0.1, 0.15) is 130 Å². The molecule has 1 saturated heterocycles. The first-order chi connectivity index (χ1) is 16.1. The van der Waals surface area contributed by atoms with Crippen LogP contribution in [0, 0.1) is 5.92 Å². The molecule has 0 bridgehead atoms. The number of rotatable bonds is 22. The van der Waals surface area contributed by atoms with Gasteiger partial charge in [-0.1, -0.05) is 97.8 Å². The third kappa shape index (κ3) is 12.4. The van der Waals surface area contributed by atoms with Crippen molar-refractivity contribution in [3.05, 3.63) is 0 Å². The molecule has 6 nitrogen and oxygen atoms in total. The van der Waals surface area contributed by atoms with Crippen LogP contribution >= 0.6 is 0 Å². The van der Waals surface area contributed by atoms with E-state index in [2.05, 4.69) is 19.2 Å². The summed E-state index contributed by atoms with van der Waals surface area (Å²) in [6.45, 7) is 6.26. The number of amides is 1. The number of carbonyl (C=O) groups excluding carboxylic acids is 3. The Kier molecular flexibility index (Phi) is 16.8. The summed E-state index contributed by atoms with van der Waals surface area (Å²) in [7, 11) is 0. The molecule has 1 heterocycles. The highest BCUT2D eigenvalue weighted by molar-refractivity contribution is 5.79. The van der Waals surface area contributed by atoms with Crippen LogP contribution in [-0.2, 0) is 23.9 Å². The first-order valence-electron chi connectivity index (χ1n) is 13.7. The molecule has 0 aromatic carbocycles. The maximum atomic E-state index is 12.6. The minimum absolute atomic E-state index is 0.0683. The molecule has 1 N–H and O–H groups in total. The Morgan fingerprint density at radius 3 is 2.06 bits per heavy atom. The number of ether oxygens (including phenoxy) is 2. The molecule has 6 heteroatoms. The van der Waals surface area contributed by atoms with Crippen LogP contribution in [0.25, 0.3) is 0 Å². The van der Waals surface area contributed by atoms with Crippen molar-refractivity contribution < 1.29 is 23.9 Å². The van der Waals surface area contributed by atoms with E-state index in [1.54, 1.807) is 0 Å². The highest BCUT2D eigenvalue weighted by Gasteiger charge is 2.43. The van der Waals surface area contributed by atoms with Crippen molar-refractivity contribution in [1.82, 2.24) is 5.32 Å². The SMILES string of the molecule is CCCCCCCCCCC[C@@H](C[C@@H]1OC(=O)[C@H]1CCCCCC)OC(=O)[C@H](CC)NC=O. The smallest absolute Gasteiger partial charge is 0.328 e. The fourth-order valence-corrected chi connectivity index (χ4v) is 4.55. The number of cyclic esters (lactones) is 1. The Balaban J connectivity index is 2.49. The fraction of sp³-hybridized carbons (Fsp3) is 0.889. The van der Waals surface area contributed by atoms with Crippen molar-refractivity contribution in [1.29, 1.82) is 0 Å². The molecule has 192 valence electrons. The van der Waals surface area contributed by atoms with Crippen LogP contribution in [-0.4, -0.2) is 36.6 Å². The molecule has 0 radical (unpaired) electrons. The molecular formula is C27H49NO5. The zero-order valence-electron chi connectivity index (χ0n) is 21.4. The zero-order valence-corrected chi connectivity index (χ0v) is 21.4. The van der Waals surface area contributed by atoms with E-state index in [9.17, 15) is 14.4 Å². The number of nitrogens with one attached hydrogen (secondary N) is 1. The van der Waals surface area contributed by atoms with E-state index in [1.807, 2.05) is 6.92 Å². The van der Waals surface area contributed by atoms with Gasteiger partial charge in [0.15, 0.2) is 0 Å². The predicted octanol–water partition coefficient (Wildman–Crippen LogP) is 6.25. The molecule has 1 aliphatic heterocycles. The van der Waals surface area contributed by atoms with Gasteiger partial charge >= 0.3 is 11.9 Å². The second kappa shape index (κ2) is 18.8. The topological polar surface area (TPSA) is 81.7 Å². The molecule has 0 aromatic rings. The number of hydrogen-bond acceptors (Lipinski definition) is 5. The van der Waals surface area contributed by atoms with Crippen molar-refractivity contribution in [2.24, 2.45) is 5.92 Å². The van der Waals surface area contributed by atoms with E-state index < -0.39 is 12.0 Å². The van der Waals surface area contributed by atoms with Crippen LogP contribution in [0.5, 0.6) is 0 Å². The Labute approximate surface area is 201 Å². The minimum atomic E-state index is -0.623. The molecule has 1 fully saturated rings. The van der Waals surface area contributed by atoms with E-state index in [0.717, 1.165) is 38.5 Å². The highest BCUT2D eigenvalue weighted by Crippen LogP contribution is 2.32. The Hall–Kier alpha value is -1.59. The number of carbonyl (C=O) groups is 3. The van der Waals surface area contributed by atoms with Crippen molar-refractivity contribution in [3.63, 3.8) is 0 Å². The third-order valence-electron chi connectivity index (χ3n) is 6.76. The molecule has 0 spiro atoms. The van der Waals surface area contributed by atoms with Crippen LogP contribution in [0.2, 0.25) is 0 Å². The summed E-state index contributed by atoms with van der Waals surface area (Å²) in [4.78, 5) is 35.4. The Morgan fingerprint density at radius 2 is 1.52 bits per heavy atom. The van der Waals surface area contributed by atoms with Crippen LogP contribution in [0.15, 0.2) is 0 Å². The first-order valence-corrected chi connectivity index (χ1v) is 13.7. The second-order valence-electron chi connectivity index (χ2n) is 9.59. The maximum absolute atomic E-state index is 12.6. The van der Waals surface area contributed by atoms with Crippen LogP contribution in [0.3, 0.4) is 0 Å². The molecule has 0 aromatic heterocycles. The Bertz CT molecular complexity index is 539. The average Bonchev–Trinajstić information content (AvgIpc) is 2.80. The van der Waals surface area contributed by atoms with Gasteiger partial charge in [-0.2, -0.15) is 0 Å². The number of hydrogen-bond donors (Lipinski definition) is 1. The molecule has 4 atom stereocenters. The summed E-state index contributed by atoms with van der Waals surface area (Å²) < 4.78 is 11.3. The summed E-state index contributed by atoms with van der Waals surface area (Å²) in [5.74, 6) is -0.573. The summed E-state index contributed by atoms with van der Waals surface area (Å²) in [5, 5.41) is 2.54. The molecule has 33 heavy (non-hydrogen) atoms. The summed E-state index contributed by atoms with van der Waals surface area (Å²) in [6, 6.07) is -0.623. The molecule has 1 aliphatic rings. The monoisotopic (exact) mass is 467 g/mol. The van der Waals surface area contributed by atoms with E-state index >= 15 is 0 Å². The molecule has 0 unspecified atom stereocenters. The fourth-order valence-electron chi connectivity index (χ4n) is 4.55. The summed E-state index contributed by atoms with van der Waals surface area (Å²) in [5.41, 5.74) is 0. The minimum Gasteiger partial charge on any atom is -0.461 e. The maximum Gasteiger partial charge on any atom is 0.328 e. The van der Waals surface area contributed by atoms with E-state index in [4.69, 9.17) is 9.47 Å². The standard InChI is InChI=1S/C27H49NO5/c1-4-7-9-11-12-13-14-15-16-18-22(32-27(31)24(6-3)28-21-29)20-25-23(26(30)33-25)19-17-10-8-5-2/h21-25H,4-20H2,1-3H3,(H,28,29)/t22-,23-,24-,25-/m0/s1. The summed E-state index contributed by atoms with van der Waals surface area (Å²) in [6.07, 6.45) is 18.5. The van der Waals surface area contributed by atoms with Gasteiger partial charge in [-0.25, -0.2) is 4.79 Å².